The number of hydrogen-bond donors (Lipinski definition) is 3. The van der Waals surface area contributed by atoms with Crippen molar-refractivity contribution in [3.63, 3.8) is 0 Å². The summed E-state index contributed by atoms with van der Waals surface area (Å²) in [7, 11) is 0. The summed E-state index contributed by atoms with van der Waals surface area (Å²) in [6.45, 7) is 0.530. The third kappa shape index (κ3) is 3.90. The zero-order valence-corrected chi connectivity index (χ0v) is 11.7. The molecule has 0 saturated heterocycles. The standard InChI is InChI=1S/C12H18ClN3O.ClH/c13-9-6-10(15-7-9)11(17)16-8-12(14)4-2-1-3-5-12;/h6-7,15H,1-5,8,14H2,(H,16,17);1H. The van der Waals surface area contributed by atoms with E-state index in [9.17, 15) is 4.79 Å². The summed E-state index contributed by atoms with van der Waals surface area (Å²) in [6, 6.07) is 1.61. The number of carbonyl (C=O) groups excluding carboxylic acids is 1. The molecule has 0 aliphatic heterocycles. The highest BCUT2D eigenvalue weighted by Gasteiger charge is 2.27. The van der Waals surface area contributed by atoms with E-state index < -0.39 is 0 Å². The molecule has 1 aromatic heterocycles. The number of H-pyrrole nitrogens is 1. The average molecular weight is 292 g/mol. The van der Waals surface area contributed by atoms with Crippen LogP contribution in [0.4, 0.5) is 0 Å². The van der Waals surface area contributed by atoms with Crippen molar-refractivity contribution in [3.05, 3.63) is 23.0 Å². The summed E-state index contributed by atoms with van der Waals surface area (Å²) in [6.07, 6.45) is 7.12. The van der Waals surface area contributed by atoms with Gasteiger partial charge in [-0.3, -0.25) is 4.79 Å². The molecule has 1 aliphatic rings. The molecule has 1 aliphatic carbocycles. The van der Waals surface area contributed by atoms with Gasteiger partial charge in [-0.2, -0.15) is 0 Å². The molecule has 1 aromatic rings. The fourth-order valence-electron chi connectivity index (χ4n) is 2.28. The predicted molar refractivity (Wildman–Crippen MR) is 75.4 cm³/mol. The van der Waals surface area contributed by atoms with Crippen LogP contribution in [0.1, 0.15) is 42.6 Å². The molecule has 4 N–H and O–H groups in total. The van der Waals surface area contributed by atoms with E-state index in [1.165, 1.54) is 6.42 Å². The molecule has 0 bridgehead atoms. The quantitative estimate of drug-likeness (QED) is 0.801. The number of carbonyl (C=O) groups is 1. The van der Waals surface area contributed by atoms with Crippen LogP contribution in [0.5, 0.6) is 0 Å². The van der Waals surface area contributed by atoms with Gasteiger partial charge in [-0.25, -0.2) is 0 Å². The van der Waals surface area contributed by atoms with Crippen LogP contribution >= 0.6 is 24.0 Å². The Labute approximate surface area is 118 Å². The highest BCUT2D eigenvalue weighted by molar-refractivity contribution is 6.30. The molecule has 102 valence electrons. The van der Waals surface area contributed by atoms with Crippen LogP contribution in [-0.2, 0) is 0 Å². The van der Waals surface area contributed by atoms with Gasteiger partial charge < -0.3 is 16.0 Å². The largest absolute Gasteiger partial charge is 0.356 e. The molecule has 2 rings (SSSR count). The Morgan fingerprint density at radius 1 is 1.44 bits per heavy atom. The Balaban J connectivity index is 0.00000162. The van der Waals surface area contributed by atoms with E-state index in [0.29, 0.717) is 17.3 Å². The second-order valence-electron chi connectivity index (χ2n) is 4.84. The summed E-state index contributed by atoms with van der Waals surface area (Å²) in [5, 5.41) is 3.41. The molecule has 1 fully saturated rings. The Bertz CT molecular complexity index is 400. The average Bonchev–Trinajstić information content (AvgIpc) is 2.74. The maximum atomic E-state index is 11.8. The van der Waals surface area contributed by atoms with Crippen molar-refractivity contribution >= 4 is 29.9 Å². The molecule has 0 aromatic carbocycles. The van der Waals surface area contributed by atoms with E-state index in [1.807, 2.05) is 0 Å². The van der Waals surface area contributed by atoms with Crippen LogP contribution in [-0.4, -0.2) is 23.0 Å². The van der Waals surface area contributed by atoms with Crippen molar-refractivity contribution in [2.75, 3.05) is 6.54 Å². The SMILES string of the molecule is Cl.NC1(CNC(=O)c2cc(Cl)c[nH]2)CCCCC1. The van der Waals surface area contributed by atoms with Gasteiger partial charge in [0.15, 0.2) is 0 Å². The van der Waals surface area contributed by atoms with Crippen LogP contribution in [0.15, 0.2) is 12.3 Å². The fraction of sp³-hybridized carbons (Fsp3) is 0.583. The number of nitrogens with two attached hydrogens (primary N) is 1. The number of aromatic amines is 1. The first-order valence-corrected chi connectivity index (χ1v) is 6.38. The van der Waals surface area contributed by atoms with Gasteiger partial charge in [0.1, 0.15) is 5.69 Å². The van der Waals surface area contributed by atoms with Gasteiger partial charge in [0.25, 0.3) is 5.91 Å². The molecule has 0 unspecified atom stereocenters. The third-order valence-electron chi connectivity index (χ3n) is 3.34. The van der Waals surface area contributed by atoms with Crippen molar-refractivity contribution in [1.82, 2.24) is 10.3 Å². The number of halogens is 2. The number of amides is 1. The summed E-state index contributed by atoms with van der Waals surface area (Å²) in [4.78, 5) is 14.6. The Hall–Kier alpha value is -0.710. The van der Waals surface area contributed by atoms with Crippen molar-refractivity contribution in [1.29, 1.82) is 0 Å². The maximum Gasteiger partial charge on any atom is 0.267 e. The van der Waals surface area contributed by atoms with E-state index in [1.54, 1.807) is 12.3 Å². The van der Waals surface area contributed by atoms with Gasteiger partial charge >= 0.3 is 0 Å². The zero-order valence-electron chi connectivity index (χ0n) is 10.2. The Morgan fingerprint density at radius 2 is 2.11 bits per heavy atom. The molecule has 1 heterocycles. The lowest BCUT2D eigenvalue weighted by Crippen LogP contribution is -2.51. The maximum absolute atomic E-state index is 11.8. The molecule has 6 heteroatoms. The minimum absolute atomic E-state index is 0. The van der Waals surface area contributed by atoms with Gasteiger partial charge in [-0.15, -0.1) is 12.4 Å². The van der Waals surface area contributed by atoms with Crippen molar-refractivity contribution in [2.24, 2.45) is 5.73 Å². The van der Waals surface area contributed by atoms with Crippen molar-refractivity contribution in [2.45, 2.75) is 37.6 Å². The van der Waals surface area contributed by atoms with E-state index in [0.717, 1.165) is 25.7 Å². The van der Waals surface area contributed by atoms with Gasteiger partial charge in [0, 0.05) is 18.3 Å². The van der Waals surface area contributed by atoms with E-state index >= 15 is 0 Å². The third-order valence-corrected chi connectivity index (χ3v) is 3.56. The van der Waals surface area contributed by atoms with Crippen LogP contribution in [0.3, 0.4) is 0 Å². The minimum Gasteiger partial charge on any atom is -0.356 e. The number of nitrogens with one attached hydrogen (secondary N) is 2. The first-order chi connectivity index (χ1) is 8.09. The lowest BCUT2D eigenvalue weighted by atomic mass is 9.82. The first kappa shape index (κ1) is 15.3. The minimum atomic E-state index is -0.232. The molecule has 4 nitrogen and oxygen atoms in total. The van der Waals surface area contributed by atoms with Crippen LogP contribution < -0.4 is 11.1 Å². The molecular formula is C12H19Cl2N3O. The first-order valence-electron chi connectivity index (χ1n) is 6.00. The highest BCUT2D eigenvalue weighted by atomic mass is 35.5. The van der Waals surface area contributed by atoms with Crippen molar-refractivity contribution in [3.8, 4) is 0 Å². The van der Waals surface area contributed by atoms with Gasteiger partial charge in [0.05, 0.1) is 5.02 Å². The summed E-state index contributed by atoms with van der Waals surface area (Å²) >= 11 is 5.74. The van der Waals surface area contributed by atoms with E-state index in [4.69, 9.17) is 17.3 Å². The smallest absolute Gasteiger partial charge is 0.267 e. The van der Waals surface area contributed by atoms with Gasteiger partial charge in [-0.1, -0.05) is 30.9 Å². The predicted octanol–water partition coefficient (Wildman–Crippen LogP) is 2.48. The van der Waals surface area contributed by atoms with Crippen LogP contribution in [0.25, 0.3) is 0 Å². The second-order valence-corrected chi connectivity index (χ2v) is 5.27. The van der Waals surface area contributed by atoms with Crippen molar-refractivity contribution < 1.29 is 4.79 Å². The highest BCUT2D eigenvalue weighted by Crippen LogP contribution is 2.25. The Kier molecular flexibility index (Phi) is 5.50. The monoisotopic (exact) mass is 291 g/mol. The topological polar surface area (TPSA) is 70.9 Å². The lowest BCUT2D eigenvalue weighted by molar-refractivity contribution is 0.0933. The molecule has 18 heavy (non-hydrogen) atoms. The lowest BCUT2D eigenvalue weighted by Gasteiger charge is -2.33. The number of hydrogen-bond acceptors (Lipinski definition) is 2. The second kappa shape index (κ2) is 6.45. The molecule has 1 saturated carbocycles. The summed E-state index contributed by atoms with van der Waals surface area (Å²) in [5.41, 5.74) is 6.49. The summed E-state index contributed by atoms with van der Waals surface area (Å²) < 4.78 is 0. The van der Waals surface area contributed by atoms with E-state index in [2.05, 4.69) is 10.3 Å². The molecular weight excluding hydrogens is 273 g/mol. The molecule has 1 amide bonds. The van der Waals surface area contributed by atoms with Crippen LogP contribution in [0, 0.1) is 0 Å². The molecule has 0 radical (unpaired) electrons. The number of rotatable bonds is 3. The van der Waals surface area contributed by atoms with Crippen LogP contribution in [0.2, 0.25) is 5.02 Å². The summed E-state index contributed by atoms with van der Waals surface area (Å²) in [5.74, 6) is -0.146. The van der Waals surface area contributed by atoms with Gasteiger partial charge in [0.2, 0.25) is 0 Å². The zero-order chi connectivity index (χ0) is 12.3. The number of aromatic nitrogens is 1. The Morgan fingerprint density at radius 3 is 2.67 bits per heavy atom. The molecule has 0 spiro atoms. The van der Waals surface area contributed by atoms with Gasteiger partial charge in [-0.05, 0) is 18.9 Å². The normalized spacial score (nSPS) is 17.9. The van der Waals surface area contributed by atoms with E-state index in [-0.39, 0.29) is 23.9 Å². The molecule has 0 atom stereocenters. The fourth-order valence-corrected chi connectivity index (χ4v) is 2.45.